The monoisotopic (exact) mass is 301 g/mol. The van der Waals surface area contributed by atoms with Crippen LogP contribution in [0.15, 0.2) is 54.6 Å². The third-order valence-electron chi connectivity index (χ3n) is 3.87. The van der Waals surface area contributed by atoms with Crippen molar-refractivity contribution in [2.75, 3.05) is 0 Å². The molecule has 2 atom stereocenters. The molecule has 2 aromatic carbocycles. The average Bonchev–Trinajstić information content (AvgIpc) is 2.49. The van der Waals surface area contributed by atoms with Gasteiger partial charge >= 0.3 is 0 Å². The van der Waals surface area contributed by atoms with Gasteiger partial charge in [-0.05, 0) is 35.6 Å². The normalized spacial score (nSPS) is 14.1. The Labute approximate surface area is 133 Å². The minimum Gasteiger partial charge on any atom is -0.303 e. The van der Waals surface area contributed by atoms with E-state index >= 15 is 0 Å². The zero-order valence-corrected chi connectivity index (χ0v) is 13.8. The van der Waals surface area contributed by atoms with Crippen LogP contribution in [0.25, 0.3) is 0 Å². The third-order valence-corrected chi connectivity index (χ3v) is 4.10. The zero-order chi connectivity index (χ0) is 15.2. The maximum absolute atomic E-state index is 6.13. The predicted molar refractivity (Wildman–Crippen MR) is 91.6 cm³/mol. The van der Waals surface area contributed by atoms with Crippen molar-refractivity contribution in [2.24, 2.45) is 5.92 Å². The zero-order valence-electron chi connectivity index (χ0n) is 13.0. The summed E-state index contributed by atoms with van der Waals surface area (Å²) in [7, 11) is 0. The fraction of sp³-hybridized carbons (Fsp3) is 0.368. The molecule has 0 fully saturated rings. The van der Waals surface area contributed by atoms with Gasteiger partial charge < -0.3 is 5.32 Å². The van der Waals surface area contributed by atoms with Gasteiger partial charge in [0.25, 0.3) is 0 Å². The summed E-state index contributed by atoms with van der Waals surface area (Å²) in [6.45, 7) is 6.73. The Bertz CT molecular complexity index is 551. The molecule has 0 radical (unpaired) electrons. The lowest BCUT2D eigenvalue weighted by Crippen LogP contribution is -2.29. The van der Waals surface area contributed by atoms with E-state index in [1.807, 2.05) is 12.1 Å². The van der Waals surface area contributed by atoms with Crippen LogP contribution in [0.4, 0.5) is 0 Å². The minimum absolute atomic E-state index is 0.316. The summed E-state index contributed by atoms with van der Waals surface area (Å²) < 4.78 is 0. The summed E-state index contributed by atoms with van der Waals surface area (Å²) in [6.07, 6.45) is 1.04. The SMILES string of the molecule is CCC(NC(c1ccccc1)C(C)C)c1cccc(Cl)c1. The van der Waals surface area contributed by atoms with Crippen molar-refractivity contribution in [1.29, 1.82) is 0 Å². The molecule has 2 rings (SSSR count). The highest BCUT2D eigenvalue weighted by atomic mass is 35.5. The highest BCUT2D eigenvalue weighted by Crippen LogP contribution is 2.28. The molecule has 0 saturated heterocycles. The van der Waals surface area contributed by atoms with Crippen LogP contribution in [0.1, 0.15) is 50.4 Å². The number of rotatable bonds is 6. The van der Waals surface area contributed by atoms with Crippen LogP contribution in [-0.2, 0) is 0 Å². The van der Waals surface area contributed by atoms with Gasteiger partial charge in [0.15, 0.2) is 0 Å². The molecule has 0 saturated carbocycles. The van der Waals surface area contributed by atoms with E-state index in [0.717, 1.165) is 11.4 Å². The van der Waals surface area contributed by atoms with E-state index in [4.69, 9.17) is 11.6 Å². The number of hydrogen-bond acceptors (Lipinski definition) is 1. The van der Waals surface area contributed by atoms with Gasteiger partial charge in [-0.1, -0.05) is 74.8 Å². The molecule has 0 aliphatic rings. The van der Waals surface area contributed by atoms with Gasteiger partial charge in [0, 0.05) is 17.1 Å². The Morgan fingerprint density at radius 1 is 0.952 bits per heavy atom. The summed E-state index contributed by atoms with van der Waals surface area (Å²) >= 11 is 6.13. The molecule has 2 unspecified atom stereocenters. The lowest BCUT2D eigenvalue weighted by molar-refractivity contribution is 0.357. The fourth-order valence-corrected chi connectivity index (χ4v) is 2.92. The van der Waals surface area contributed by atoms with Gasteiger partial charge in [-0.3, -0.25) is 0 Å². The number of nitrogens with one attached hydrogen (secondary N) is 1. The highest BCUT2D eigenvalue weighted by Gasteiger charge is 2.20. The second-order valence-electron chi connectivity index (χ2n) is 5.81. The Morgan fingerprint density at radius 3 is 2.19 bits per heavy atom. The standard InChI is InChI=1S/C19H24ClN/c1-4-18(16-11-8-12-17(20)13-16)21-19(14(2)3)15-9-6-5-7-10-15/h5-14,18-19,21H,4H2,1-3H3. The summed E-state index contributed by atoms with van der Waals surface area (Å²) in [4.78, 5) is 0. The topological polar surface area (TPSA) is 12.0 Å². The Balaban J connectivity index is 2.22. The van der Waals surface area contributed by atoms with Gasteiger partial charge in [0.1, 0.15) is 0 Å². The largest absolute Gasteiger partial charge is 0.303 e. The lowest BCUT2D eigenvalue weighted by atomic mass is 9.93. The average molecular weight is 302 g/mol. The van der Waals surface area contributed by atoms with E-state index in [2.05, 4.69) is 68.6 Å². The second-order valence-corrected chi connectivity index (χ2v) is 6.25. The predicted octanol–water partition coefficient (Wildman–Crippen LogP) is 5.78. The Morgan fingerprint density at radius 2 is 1.62 bits per heavy atom. The number of hydrogen-bond donors (Lipinski definition) is 1. The summed E-state index contributed by atoms with van der Waals surface area (Å²) in [5, 5.41) is 4.60. The number of halogens is 1. The molecular weight excluding hydrogens is 278 g/mol. The van der Waals surface area contributed by atoms with Crippen molar-refractivity contribution in [1.82, 2.24) is 5.32 Å². The first kappa shape index (κ1) is 16.1. The molecule has 0 aliphatic carbocycles. The molecule has 2 aromatic rings. The van der Waals surface area contributed by atoms with Crippen molar-refractivity contribution in [3.05, 3.63) is 70.7 Å². The smallest absolute Gasteiger partial charge is 0.0409 e. The summed E-state index contributed by atoms with van der Waals surface area (Å²) in [5.41, 5.74) is 2.60. The first-order valence-electron chi connectivity index (χ1n) is 7.68. The van der Waals surface area contributed by atoms with Crippen LogP contribution in [-0.4, -0.2) is 0 Å². The molecule has 1 N–H and O–H groups in total. The fourth-order valence-electron chi connectivity index (χ4n) is 2.72. The van der Waals surface area contributed by atoms with Crippen molar-refractivity contribution in [3.8, 4) is 0 Å². The van der Waals surface area contributed by atoms with E-state index in [-0.39, 0.29) is 0 Å². The van der Waals surface area contributed by atoms with Gasteiger partial charge in [0.2, 0.25) is 0 Å². The second kappa shape index (κ2) is 7.63. The van der Waals surface area contributed by atoms with Crippen molar-refractivity contribution >= 4 is 11.6 Å². The van der Waals surface area contributed by atoms with Gasteiger partial charge in [-0.2, -0.15) is 0 Å². The Hall–Kier alpha value is -1.31. The molecule has 0 heterocycles. The molecule has 0 aromatic heterocycles. The van der Waals surface area contributed by atoms with Crippen LogP contribution in [0.3, 0.4) is 0 Å². The molecular formula is C19H24ClN. The Kier molecular flexibility index (Phi) is 5.84. The van der Waals surface area contributed by atoms with Crippen molar-refractivity contribution in [3.63, 3.8) is 0 Å². The van der Waals surface area contributed by atoms with Gasteiger partial charge in [-0.15, -0.1) is 0 Å². The van der Waals surface area contributed by atoms with Crippen molar-refractivity contribution < 1.29 is 0 Å². The van der Waals surface area contributed by atoms with Crippen LogP contribution in [0.2, 0.25) is 5.02 Å². The lowest BCUT2D eigenvalue weighted by Gasteiger charge is -2.29. The molecule has 1 nitrogen and oxygen atoms in total. The molecule has 0 aliphatic heterocycles. The van der Waals surface area contributed by atoms with Crippen LogP contribution in [0.5, 0.6) is 0 Å². The highest BCUT2D eigenvalue weighted by molar-refractivity contribution is 6.30. The third kappa shape index (κ3) is 4.33. The molecule has 0 bridgehead atoms. The molecule has 0 spiro atoms. The van der Waals surface area contributed by atoms with E-state index in [1.54, 1.807) is 0 Å². The first-order chi connectivity index (χ1) is 10.1. The maximum Gasteiger partial charge on any atom is 0.0409 e. The minimum atomic E-state index is 0.316. The van der Waals surface area contributed by atoms with E-state index < -0.39 is 0 Å². The van der Waals surface area contributed by atoms with Gasteiger partial charge in [-0.25, -0.2) is 0 Å². The summed E-state index contributed by atoms with van der Waals surface area (Å²) in [6, 6.07) is 19.5. The molecule has 0 amide bonds. The van der Waals surface area contributed by atoms with Crippen LogP contribution < -0.4 is 5.32 Å². The molecule has 2 heteroatoms. The molecule has 21 heavy (non-hydrogen) atoms. The quantitative estimate of drug-likeness (QED) is 0.713. The maximum atomic E-state index is 6.13. The van der Waals surface area contributed by atoms with Crippen LogP contribution in [0, 0.1) is 5.92 Å². The van der Waals surface area contributed by atoms with E-state index in [9.17, 15) is 0 Å². The van der Waals surface area contributed by atoms with Crippen LogP contribution >= 0.6 is 11.6 Å². The van der Waals surface area contributed by atoms with E-state index in [1.165, 1.54) is 11.1 Å². The summed E-state index contributed by atoms with van der Waals surface area (Å²) in [5.74, 6) is 0.528. The van der Waals surface area contributed by atoms with Gasteiger partial charge in [0.05, 0.1) is 0 Å². The first-order valence-corrected chi connectivity index (χ1v) is 8.06. The van der Waals surface area contributed by atoms with E-state index in [0.29, 0.717) is 18.0 Å². The van der Waals surface area contributed by atoms with Crippen molar-refractivity contribution in [2.45, 2.75) is 39.3 Å². The number of benzene rings is 2. The molecule has 112 valence electrons.